The smallest absolute Gasteiger partial charge is 0.325 e. The Kier molecular flexibility index (Phi) is 6.65. The lowest BCUT2D eigenvalue weighted by atomic mass is 9.86. The molecule has 0 spiro atoms. The van der Waals surface area contributed by atoms with Crippen LogP contribution in [-0.4, -0.2) is 37.1 Å². The molecule has 1 atom stereocenters. The fourth-order valence-corrected chi connectivity index (χ4v) is 3.85. The molecular weight excluding hydrogens is 380 g/mol. The molecule has 160 valence electrons. The van der Waals surface area contributed by atoms with Crippen LogP contribution in [0.15, 0.2) is 42.5 Å². The summed E-state index contributed by atoms with van der Waals surface area (Å²) in [5.41, 5.74) is 1.92. The standard InChI is InChI=1S/C24H30N2O4/c1-5-18-8-11-20(12-9-18)30-15-7-14-26-22(27)24(6-2,25-23(26)28)19-10-13-21(29-4)17(3)16-19/h8-13,16H,5-7,14-15H2,1-4H3,(H,25,28). The van der Waals surface area contributed by atoms with Crippen molar-refractivity contribution in [3.8, 4) is 11.5 Å². The fourth-order valence-electron chi connectivity index (χ4n) is 3.85. The van der Waals surface area contributed by atoms with Crippen molar-refractivity contribution in [2.45, 2.75) is 45.6 Å². The molecule has 0 radical (unpaired) electrons. The minimum absolute atomic E-state index is 0.216. The van der Waals surface area contributed by atoms with E-state index in [1.165, 1.54) is 10.5 Å². The third kappa shape index (κ3) is 4.13. The number of carbonyl (C=O) groups is 2. The zero-order valence-electron chi connectivity index (χ0n) is 18.2. The van der Waals surface area contributed by atoms with E-state index in [1.807, 2.05) is 56.3 Å². The summed E-state index contributed by atoms with van der Waals surface area (Å²) in [6, 6.07) is 13.2. The quantitative estimate of drug-likeness (QED) is 0.497. The second-order valence-electron chi connectivity index (χ2n) is 7.53. The van der Waals surface area contributed by atoms with Gasteiger partial charge in [-0.05, 0) is 67.1 Å². The van der Waals surface area contributed by atoms with E-state index < -0.39 is 5.54 Å². The van der Waals surface area contributed by atoms with Gasteiger partial charge in [0.05, 0.1) is 13.7 Å². The van der Waals surface area contributed by atoms with E-state index >= 15 is 0 Å². The Morgan fingerprint density at radius 3 is 2.40 bits per heavy atom. The highest BCUT2D eigenvalue weighted by Crippen LogP contribution is 2.34. The largest absolute Gasteiger partial charge is 0.496 e. The number of benzene rings is 2. The Balaban J connectivity index is 1.64. The number of amides is 3. The van der Waals surface area contributed by atoms with E-state index in [-0.39, 0.29) is 11.9 Å². The lowest BCUT2D eigenvalue weighted by Gasteiger charge is -2.26. The van der Waals surface area contributed by atoms with Crippen LogP contribution in [0, 0.1) is 6.92 Å². The van der Waals surface area contributed by atoms with E-state index in [0.717, 1.165) is 29.0 Å². The highest BCUT2D eigenvalue weighted by Gasteiger charge is 2.51. The van der Waals surface area contributed by atoms with Crippen LogP contribution in [0.1, 0.15) is 43.4 Å². The van der Waals surface area contributed by atoms with E-state index in [9.17, 15) is 9.59 Å². The van der Waals surface area contributed by atoms with Crippen molar-refractivity contribution in [2.75, 3.05) is 20.3 Å². The number of aryl methyl sites for hydroxylation is 2. The molecule has 1 saturated heterocycles. The fraction of sp³-hybridized carbons (Fsp3) is 0.417. The van der Waals surface area contributed by atoms with E-state index in [4.69, 9.17) is 9.47 Å². The highest BCUT2D eigenvalue weighted by atomic mass is 16.5. The summed E-state index contributed by atoms with van der Waals surface area (Å²) in [6.45, 7) is 6.69. The normalized spacial score (nSPS) is 18.5. The van der Waals surface area contributed by atoms with Crippen LogP contribution in [0.3, 0.4) is 0 Å². The Hall–Kier alpha value is -3.02. The Morgan fingerprint density at radius 2 is 1.80 bits per heavy atom. The van der Waals surface area contributed by atoms with Gasteiger partial charge in [-0.3, -0.25) is 9.69 Å². The first-order valence-corrected chi connectivity index (χ1v) is 10.5. The number of nitrogens with zero attached hydrogens (tertiary/aromatic N) is 1. The van der Waals surface area contributed by atoms with Crippen LogP contribution in [0.4, 0.5) is 4.79 Å². The number of imide groups is 1. The predicted octanol–water partition coefficient (Wildman–Crippen LogP) is 4.19. The Labute approximate surface area is 178 Å². The average molecular weight is 411 g/mol. The molecule has 6 heteroatoms. The van der Waals surface area contributed by atoms with E-state index in [1.54, 1.807) is 7.11 Å². The number of ether oxygens (including phenoxy) is 2. The molecule has 3 rings (SSSR count). The van der Waals surface area contributed by atoms with Gasteiger partial charge in [0.15, 0.2) is 0 Å². The molecule has 1 aliphatic heterocycles. The van der Waals surface area contributed by atoms with Gasteiger partial charge < -0.3 is 14.8 Å². The van der Waals surface area contributed by atoms with Gasteiger partial charge in [0.2, 0.25) is 0 Å². The monoisotopic (exact) mass is 410 g/mol. The summed E-state index contributed by atoms with van der Waals surface area (Å²) >= 11 is 0. The van der Waals surface area contributed by atoms with Crippen LogP contribution in [0.25, 0.3) is 0 Å². The SMILES string of the molecule is CCc1ccc(OCCCN2C(=O)NC(CC)(c3ccc(OC)c(C)c3)C2=O)cc1. The van der Waals surface area contributed by atoms with Crippen LogP contribution in [0.5, 0.6) is 11.5 Å². The lowest BCUT2D eigenvalue weighted by Crippen LogP contribution is -2.43. The molecule has 2 aromatic rings. The summed E-state index contributed by atoms with van der Waals surface area (Å²) in [4.78, 5) is 27.1. The molecule has 0 aliphatic carbocycles. The van der Waals surface area contributed by atoms with Crippen LogP contribution in [-0.2, 0) is 16.8 Å². The van der Waals surface area contributed by atoms with Gasteiger partial charge in [-0.1, -0.05) is 32.0 Å². The molecule has 6 nitrogen and oxygen atoms in total. The zero-order chi connectivity index (χ0) is 21.7. The number of carbonyl (C=O) groups excluding carboxylic acids is 2. The van der Waals surface area contributed by atoms with Gasteiger partial charge in [-0.15, -0.1) is 0 Å². The highest BCUT2D eigenvalue weighted by molar-refractivity contribution is 6.07. The summed E-state index contributed by atoms with van der Waals surface area (Å²) in [6.07, 6.45) is 2.02. The van der Waals surface area contributed by atoms with E-state index in [2.05, 4.69) is 12.2 Å². The Morgan fingerprint density at radius 1 is 1.07 bits per heavy atom. The second kappa shape index (κ2) is 9.20. The first-order chi connectivity index (χ1) is 14.4. The van der Waals surface area contributed by atoms with Crippen LogP contribution in [0.2, 0.25) is 0 Å². The number of nitrogens with one attached hydrogen (secondary N) is 1. The molecule has 0 saturated carbocycles. The molecule has 0 bridgehead atoms. The molecule has 2 aromatic carbocycles. The number of urea groups is 1. The first kappa shape index (κ1) is 21.7. The molecule has 1 unspecified atom stereocenters. The zero-order valence-corrected chi connectivity index (χ0v) is 18.2. The molecule has 1 N–H and O–H groups in total. The van der Waals surface area contributed by atoms with Gasteiger partial charge in [-0.25, -0.2) is 4.79 Å². The second-order valence-corrected chi connectivity index (χ2v) is 7.53. The first-order valence-electron chi connectivity index (χ1n) is 10.5. The van der Waals surface area contributed by atoms with Crippen LogP contribution >= 0.6 is 0 Å². The molecule has 1 fully saturated rings. The molecule has 1 aliphatic rings. The van der Waals surface area contributed by atoms with Gasteiger partial charge in [0.1, 0.15) is 17.0 Å². The lowest BCUT2D eigenvalue weighted by molar-refractivity contribution is -0.131. The Bertz CT molecular complexity index is 910. The maximum absolute atomic E-state index is 13.2. The van der Waals surface area contributed by atoms with Gasteiger partial charge in [0, 0.05) is 6.54 Å². The van der Waals surface area contributed by atoms with Crippen molar-refractivity contribution in [1.82, 2.24) is 10.2 Å². The topological polar surface area (TPSA) is 67.9 Å². The number of rotatable bonds is 9. The third-order valence-electron chi connectivity index (χ3n) is 5.72. The van der Waals surface area contributed by atoms with Crippen molar-refractivity contribution >= 4 is 11.9 Å². The van der Waals surface area contributed by atoms with Crippen molar-refractivity contribution < 1.29 is 19.1 Å². The van der Waals surface area contributed by atoms with Crippen molar-refractivity contribution in [2.24, 2.45) is 0 Å². The number of methoxy groups -OCH3 is 1. The summed E-state index contributed by atoms with van der Waals surface area (Å²) in [5, 5.41) is 2.92. The van der Waals surface area contributed by atoms with E-state index in [0.29, 0.717) is 26.0 Å². The summed E-state index contributed by atoms with van der Waals surface area (Å²) < 4.78 is 11.1. The maximum Gasteiger partial charge on any atom is 0.325 e. The van der Waals surface area contributed by atoms with Crippen molar-refractivity contribution in [3.05, 3.63) is 59.2 Å². The molecule has 0 aromatic heterocycles. The number of hydrogen-bond acceptors (Lipinski definition) is 4. The third-order valence-corrected chi connectivity index (χ3v) is 5.72. The van der Waals surface area contributed by atoms with Gasteiger partial charge >= 0.3 is 6.03 Å². The summed E-state index contributed by atoms with van der Waals surface area (Å²) in [7, 11) is 1.61. The number of hydrogen-bond donors (Lipinski definition) is 1. The van der Waals surface area contributed by atoms with Gasteiger partial charge in [-0.2, -0.15) is 0 Å². The maximum atomic E-state index is 13.2. The van der Waals surface area contributed by atoms with Crippen molar-refractivity contribution in [3.63, 3.8) is 0 Å². The van der Waals surface area contributed by atoms with Gasteiger partial charge in [0.25, 0.3) is 5.91 Å². The summed E-state index contributed by atoms with van der Waals surface area (Å²) in [5.74, 6) is 1.33. The minimum atomic E-state index is -1.04. The minimum Gasteiger partial charge on any atom is -0.496 e. The molecule has 3 amide bonds. The molecule has 1 heterocycles. The average Bonchev–Trinajstić information content (AvgIpc) is 3.01. The molecular formula is C24H30N2O4. The van der Waals surface area contributed by atoms with Crippen molar-refractivity contribution in [1.29, 1.82) is 0 Å². The predicted molar refractivity (Wildman–Crippen MR) is 116 cm³/mol. The van der Waals surface area contributed by atoms with Crippen LogP contribution < -0.4 is 14.8 Å². The molecule has 30 heavy (non-hydrogen) atoms.